The molecule has 12 heterocycles. The van der Waals surface area contributed by atoms with E-state index >= 15 is 13.2 Å². The summed E-state index contributed by atoms with van der Waals surface area (Å²) in [7, 11) is 0. The van der Waals surface area contributed by atoms with Crippen LogP contribution in [0.1, 0.15) is 110 Å². The number of aryl methyl sites for hydroxylation is 3. The third-order valence-electron chi connectivity index (χ3n) is 23.2. The van der Waals surface area contributed by atoms with Gasteiger partial charge in [0.05, 0.1) is 132 Å². The first-order chi connectivity index (χ1) is 64.0. The van der Waals surface area contributed by atoms with Crippen LogP contribution in [0, 0.1) is 107 Å². The number of piperazine rings is 3. The van der Waals surface area contributed by atoms with Crippen LogP contribution in [0.2, 0.25) is 30.1 Å². The Morgan fingerprint density at radius 1 is 0.378 bits per heavy atom. The van der Waals surface area contributed by atoms with E-state index in [-0.39, 0.29) is 196 Å². The molecule has 0 saturated carbocycles. The SMILES string of the molecule is C=CC(=O)N1CCN(c2c(C#N)c(=O)n(-c3c(C)ccnc3C(C)C)c3nc(-c4c(F)c(F)c(F)c(N)c4Cl)c(Cl)cc23)CC1.C=CC(=O)N1CCN(c2c(C#N)c(=O)n(-c3c(C)ccnc3C(C)C)c3nc(-c4c(F)c(F)c(F)c(N)c4Cl)c(Cl)cc23)CC1.C=CC(=O)N1CCN(c2c(C#N)c(=O)n(-c3c(C)ccnc3C(C)C)c3nc(-c4c(F)c(F)c(F)c(N)c4Cl)c(Cl)cc23)CC1. The second-order valence-electron chi connectivity index (χ2n) is 32.2. The number of nitrogens with zero attached hydrogens (tertiary/aromatic N) is 18. The van der Waals surface area contributed by atoms with Crippen LogP contribution in [0.3, 0.4) is 0 Å². The number of pyridine rings is 9. The van der Waals surface area contributed by atoms with Crippen LogP contribution in [0.4, 0.5) is 73.6 Å². The molecular weight excluding hydrogens is 1890 g/mol. The molecule has 0 radical (unpaired) electrons. The molecule has 15 rings (SSSR count). The second-order valence-corrected chi connectivity index (χ2v) is 34.6. The summed E-state index contributed by atoms with van der Waals surface area (Å²) in [5, 5.41) is 29.1. The monoisotopic (exact) mass is 1970 g/mol. The highest BCUT2D eigenvalue weighted by atomic mass is 35.5. The number of benzene rings is 3. The van der Waals surface area contributed by atoms with Gasteiger partial charge in [-0.3, -0.25) is 57.4 Å². The van der Waals surface area contributed by atoms with Crippen LogP contribution in [0.15, 0.2) is 107 Å². The zero-order valence-electron chi connectivity index (χ0n) is 73.2. The summed E-state index contributed by atoms with van der Waals surface area (Å²) in [4.78, 5) is 117. The van der Waals surface area contributed by atoms with Gasteiger partial charge in [-0.05, 0) is 110 Å². The maximum absolute atomic E-state index is 15.3. The summed E-state index contributed by atoms with van der Waals surface area (Å²) in [6.45, 7) is 30.1. The number of anilines is 6. The molecule has 0 bridgehead atoms. The Morgan fingerprint density at radius 3 is 0.800 bits per heavy atom. The molecule has 3 aromatic carbocycles. The Labute approximate surface area is 794 Å². The lowest BCUT2D eigenvalue weighted by atomic mass is 10.0. The normalized spacial score (nSPS) is 13.4. The van der Waals surface area contributed by atoms with Crippen molar-refractivity contribution in [2.45, 2.75) is 80.1 Å². The third kappa shape index (κ3) is 17.5. The van der Waals surface area contributed by atoms with E-state index in [1.807, 2.05) is 59.8 Å². The molecule has 696 valence electrons. The lowest BCUT2D eigenvalue weighted by molar-refractivity contribution is -0.127. The van der Waals surface area contributed by atoms with Gasteiger partial charge in [-0.2, -0.15) is 15.8 Å². The van der Waals surface area contributed by atoms with E-state index in [0.29, 0.717) is 50.8 Å². The summed E-state index contributed by atoms with van der Waals surface area (Å²) < 4.78 is 136. The molecule has 0 atom stereocenters. The molecule has 12 aromatic rings. The highest BCUT2D eigenvalue weighted by molar-refractivity contribution is 6.40. The average Bonchev–Trinajstić information content (AvgIpc) is 0.728. The number of rotatable bonds is 15. The Bertz CT molecular complexity index is 6650. The van der Waals surface area contributed by atoms with Crippen LogP contribution in [0.25, 0.3) is 83.9 Å². The van der Waals surface area contributed by atoms with E-state index in [1.165, 1.54) is 50.1 Å². The average molecular weight is 1970 g/mol. The minimum Gasteiger partial charge on any atom is -0.395 e. The van der Waals surface area contributed by atoms with Crippen LogP contribution < -0.4 is 48.6 Å². The number of nitrogens with two attached hydrogens (primary N) is 3. The fourth-order valence-electron chi connectivity index (χ4n) is 16.5. The van der Waals surface area contributed by atoms with E-state index < -0.39 is 135 Å². The van der Waals surface area contributed by atoms with Crippen molar-refractivity contribution >= 4 is 155 Å². The predicted molar refractivity (Wildman–Crippen MR) is 502 cm³/mol. The first-order valence-electron chi connectivity index (χ1n) is 41.3. The number of halogens is 15. The molecule has 135 heavy (non-hydrogen) atoms. The smallest absolute Gasteiger partial charge is 0.276 e. The van der Waals surface area contributed by atoms with Gasteiger partial charge in [0, 0.05) is 113 Å². The van der Waals surface area contributed by atoms with Gasteiger partial charge >= 0.3 is 0 Å². The van der Waals surface area contributed by atoms with Gasteiger partial charge in [-0.1, -0.05) is 131 Å². The Balaban J connectivity index is 0.000000171. The quantitative estimate of drug-likeness (QED) is 0.0282. The standard InChI is InChI=1S/3C31H26Cl2F3N7O2/c3*1-5-19(44)41-8-10-42(11-9-41)29-16-12-18(32)27(20-21(33)25(38)24(36)23(35)22(20)34)40-30(16)43(31(45)17(29)13-37)28-15(4)6-7-39-26(28)14(2)3/h3*5-7,12,14H,1,8-11,38H2,2-4H3. The van der Waals surface area contributed by atoms with Crippen molar-refractivity contribution in [1.29, 1.82) is 15.8 Å². The maximum Gasteiger partial charge on any atom is 0.276 e. The lowest BCUT2D eigenvalue weighted by Crippen LogP contribution is -2.49. The Morgan fingerprint density at radius 2 is 0.600 bits per heavy atom. The van der Waals surface area contributed by atoms with E-state index in [1.54, 1.807) is 87.0 Å². The summed E-state index contributed by atoms with van der Waals surface area (Å²) >= 11 is 38.7. The summed E-state index contributed by atoms with van der Waals surface area (Å²) in [6, 6.07) is 15.2. The molecule has 9 aromatic heterocycles. The molecule has 0 aliphatic carbocycles. The maximum atomic E-state index is 15.3. The Kier molecular flexibility index (Phi) is 28.8. The van der Waals surface area contributed by atoms with Crippen molar-refractivity contribution in [2.75, 3.05) is 110 Å². The van der Waals surface area contributed by atoms with Gasteiger partial charge in [-0.25, -0.2) is 54.5 Å². The minimum atomic E-state index is -1.88. The van der Waals surface area contributed by atoms with Gasteiger partial charge in [0.15, 0.2) is 52.4 Å². The first kappa shape index (κ1) is 98.7. The number of hydrogen-bond donors (Lipinski definition) is 3. The van der Waals surface area contributed by atoms with E-state index in [4.69, 9.17) is 86.8 Å². The largest absolute Gasteiger partial charge is 0.395 e. The van der Waals surface area contributed by atoms with E-state index in [2.05, 4.69) is 49.6 Å². The molecule has 3 amide bonds. The molecule has 3 aliphatic rings. The van der Waals surface area contributed by atoms with E-state index in [9.17, 15) is 70.9 Å². The van der Waals surface area contributed by atoms with Crippen molar-refractivity contribution in [3.8, 4) is 69.0 Å². The highest BCUT2D eigenvalue weighted by Gasteiger charge is 2.38. The first-order valence-corrected chi connectivity index (χ1v) is 43.6. The molecule has 27 nitrogen and oxygen atoms in total. The molecule has 42 heteroatoms. The number of aromatic nitrogens is 9. The lowest BCUT2D eigenvalue weighted by Gasteiger charge is -2.36. The number of carbonyl (C=O) groups is 3. The summed E-state index contributed by atoms with van der Waals surface area (Å²) in [5.74, 6) is -17.0. The van der Waals surface area contributed by atoms with Crippen molar-refractivity contribution in [3.05, 3.63) is 257 Å². The fraction of sp³-hybridized carbons (Fsp3) is 0.258. The number of amides is 3. The van der Waals surface area contributed by atoms with Gasteiger partial charge in [0.1, 0.15) is 51.8 Å². The molecule has 3 aliphatic heterocycles. The number of fused-ring (bicyclic) bond motifs is 3. The minimum absolute atomic E-state index is 0.0743. The number of hydrogen-bond acceptors (Lipinski definition) is 21. The van der Waals surface area contributed by atoms with Crippen LogP contribution in [-0.2, 0) is 14.4 Å². The van der Waals surface area contributed by atoms with Crippen LogP contribution in [0.5, 0.6) is 0 Å². The Hall–Kier alpha value is -13.8. The number of nitrogen functional groups attached to an aromatic ring is 3. The molecular formula is C93H78Cl6F9N21O6. The van der Waals surface area contributed by atoms with E-state index in [0.717, 1.165) is 0 Å². The number of carbonyl (C=O) groups excluding carboxylic acids is 3. The fourth-order valence-corrected chi connectivity index (χ4v) is 18.0. The van der Waals surface area contributed by atoms with Crippen LogP contribution >= 0.6 is 69.6 Å². The zero-order valence-corrected chi connectivity index (χ0v) is 77.7. The summed E-state index contributed by atoms with van der Waals surface area (Å²) in [6.07, 6.45) is 8.36. The van der Waals surface area contributed by atoms with Gasteiger partial charge in [0.25, 0.3) is 16.7 Å². The van der Waals surface area contributed by atoms with Crippen molar-refractivity contribution < 1.29 is 53.9 Å². The van der Waals surface area contributed by atoms with Gasteiger partial charge < -0.3 is 46.6 Å². The highest BCUT2D eigenvalue weighted by Crippen LogP contribution is 2.49. The topological polar surface area (TPSA) is 363 Å². The third-order valence-corrected chi connectivity index (χ3v) is 25.2. The van der Waals surface area contributed by atoms with Gasteiger partial charge in [-0.15, -0.1) is 0 Å². The zero-order chi connectivity index (χ0) is 98.7. The molecule has 3 saturated heterocycles. The number of nitriles is 3. The van der Waals surface area contributed by atoms with Gasteiger partial charge in [0.2, 0.25) is 17.7 Å². The van der Waals surface area contributed by atoms with Crippen molar-refractivity contribution in [2.24, 2.45) is 0 Å². The van der Waals surface area contributed by atoms with Crippen molar-refractivity contribution in [3.63, 3.8) is 0 Å². The van der Waals surface area contributed by atoms with Crippen molar-refractivity contribution in [1.82, 2.24) is 58.3 Å². The van der Waals surface area contributed by atoms with Crippen LogP contribution in [-0.4, -0.2) is 155 Å². The second kappa shape index (κ2) is 39.4. The molecule has 0 unspecified atom stereocenters. The predicted octanol–water partition coefficient (Wildman–Crippen LogP) is 17.7. The summed E-state index contributed by atoms with van der Waals surface area (Å²) in [5.41, 5.74) is 12.9. The molecule has 0 spiro atoms. The molecule has 3 fully saturated rings. The molecule has 6 N–H and O–H groups in total.